The molecule has 0 spiro atoms. The highest BCUT2D eigenvalue weighted by atomic mass is 16.5. The predicted octanol–water partition coefficient (Wildman–Crippen LogP) is 4.17. The van der Waals surface area contributed by atoms with Crippen molar-refractivity contribution in [2.75, 3.05) is 26.4 Å². The average Bonchev–Trinajstić information content (AvgIpc) is 2.62. The van der Waals surface area contributed by atoms with Crippen LogP contribution in [0.15, 0.2) is 42.5 Å². The molecule has 2 aromatic carbocycles. The van der Waals surface area contributed by atoms with Gasteiger partial charge in [-0.25, -0.2) is 0 Å². The largest absolute Gasteiger partial charge is 0.494 e. The molecule has 0 aliphatic heterocycles. The van der Waals surface area contributed by atoms with Gasteiger partial charge in [0.2, 0.25) is 0 Å². The summed E-state index contributed by atoms with van der Waals surface area (Å²) in [7, 11) is 0. The average molecular weight is 343 g/mol. The molecule has 4 nitrogen and oxygen atoms in total. The molecule has 0 heterocycles. The Morgan fingerprint density at radius 3 is 2.00 bits per heavy atom. The summed E-state index contributed by atoms with van der Waals surface area (Å²) in [4.78, 5) is 0. The first-order valence-corrected chi connectivity index (χ1v) is 9.03. The van der Waals surface area contributed by atoms with Crippen molar-refractivity contribution >= 4 is 0 Å². The van der Waals surface area contributed by atoms with Crippen LogP contribution in [0.1, 0.15) is 37.8 Å². The van der Waals surface area contributed by atoms with E-state index >= 15 is 0 Å². The molecule has 0 bridgehead atoms. The van der Waals surface area contributed by atoms with Gasteiger partial charge >= 0.3 is 0 Å². The van der Waals surface area contributed by atoms with E-state index in [4.69, 9.17) is 19.9 Å². The first-order chi connectivity index (χ1) is 12.2. The maximum absolute atomic E-state index is 6.08. The number of benzene rings is 2. The van der Waals surface area contributed by atoms with Crippen LogP contribution >= 0.6 is 0 Å². The van der Waals surface area contributed by atoms with Crippen molar-refractivity contribution in [2.45, 2.75) is 33.1 Å². The molecule has 0 amide bonds. The lowest BCUT2D eigenvalue weighted by Gasteiger charge is -2.20. The Kier molecular flexibility index (Phi) is 7.61. The van der Waals surface area contributed by atoms with Gasteiger partial charge < -0.3 is 19.9 Å². The second-order valence-corrected chi connectivity index (χ2v) is 5.78. The van der Waals surface area contributed by atoms with Crippen LogP contribution in [0.4, 0.5) is 0 Å². The van der Waals surface area contributed by atoms with Crippen molar-refractivity contribution < 1.29 is 14.2 Å². The molecule has 2 aromatic rings. The molecule has 0 aliphatic carbocycles. The molecular weight excluding hydrogens is 314 g/mol. The lowest BCUT2D eigenvalue weighted by atomic mass is 9.91. The van der Waals surface area contributed by atoms with Crippen LogP contribution < -0.4 is 19.9 Å². The van der Waals surface area contributed by atoms with Gasteiger partial charge in [0.15, 0.2) is 0 Å². The minimum Gasteiger partial charge on any atom is -0.494 e. The normalized spacial score (nSPS) is 11.8. The van der Waals surface area contributed by atoms with Gasteiger partial charge in [-0.15, -0.1) is 0 Å². The zero-order valence-electron chi connectivity index (χ0n) is 15.5. The van der Waals surface area contributed by atoms with E-state index < -0.39 is 0 Å². The van der Waals surface area contributed by atoms with Gasteiger partial charge in [-0.2, -0.15) is 0 Å². The summed E-state index contributed by atoms with van der Waals surface area (Å²) in [5, 5.41) is 0. The second kappa shape index (κ2) is 9.94. The fourth-order valence-electron chi connectivity index (χ4n) is 2.88. The summed E-state index contributed by atoms with van der Waals surface area (Å²) in [6.45, 7) is 8.43. The molecule has 0 saturated heterocycles. The summed E-state index contributed by atoms with van der Waals surface area (Å²) in [6.07, 6.45) is 0.858. The first-order valence-electron chi connectivity index (χ1n) is 9.03. The second-order valence-electron chi connectivity index (χ2n) is 5.78. The highest BCUT2D eigenvalue weighted by Gasteiger charge is 2.17. The predicted molar refractivity (Wildman–Crippen MR) is 102 cm³/mol. The van der Waals surface area contributed by atoms with Crippen molar-refractivity contribution in [2.24, 2.45) is 5.73 Å². The van der Waals surface area contributed by atoms with Crippen LogP contribution in [0.2, 0.25) is 0 Å². The van der Waals surface area contributed by atoms with Gasteiger partial charge in [0.1, 0.15) is 17.2 Å². The Bertz CT molecular complexity index is 640. The molecule has 25 heavy (non-hydrogen) atoms. The first kappa shape index (κ1) is 19.1. The zero-order valence-corrected chi connectivity index (χ0v) is 15.5. The standard InChI is InChI=1S/C21H29NO3/c1-4-23-18-9-7-16(8-10-18)13-17(15-22)20-12-11-19(24-5-2)14-21(20)25-6-3/h7-12,14,17H,4-6,13,15,22H2,1-3H3. The quantitative estimate of drug-likeness (QED) is 0.703. The van der Waals surface area contributed by atoms with Crippen molar-refractivity contribution in [1.29, 1.82) is 0 Å². The topological polar surface area (TPSA) is 53.7 Å². The number of rotatable bonds is 10. The zero-order chi connectivity index (χ0) is 18.1. The molecule has 0 aliphatic rings. The summed E-state index contributed by atoms with van der Waals surface area (Å²) in [5.41, 5.74) is 8.44. The summed E-state index contributed by atoms with van der Waals surface area (Å²) < 4.78 is 16.9. The van der Waals surface area contributed by atoms with Gasteiger partial charge in [0.05, 0.1) is 19.8 Å². The third-order valence-corrected chi connectivity index (χ3v) is 4.04. The fraction of sp³-hybridized carbons (Fsp3) is 0.429. The third-order valence-electron chi connectivity index (χ3n) is 4.04. The number of hydrogen-bond donors (Lipinski definition) is 1. The monoisotopic (exact) mass is 343 g/mol. The number of nitrogens with two attached hydrogens (primary N) is 1. The van der Waals surface area contributed by atoms with Gasteiger partial charge in [-0.1, -0.05) is 18.2 Å². The third kappa shape index (κ3) is 5.40. The lowest BCUT2D eigenvalue weighted by Crippen LogP contribution is -2.16. The summed E-state index contributed by atoms with van der Waals surface area (Å²) in [5.74, 6) is 2.77. The van der Waals surface area contributed by atoms with E-state index in [1.807, 2.05) is 45.0 Å². The molecular formula is C21H29NO3. The molecule has 1 atom stereocenters. The van der Waals surface area contributed by atoms with Crippen molar-refractivity contribution in [3.63, 3.8) is 0 Å². The molecule has 4 heteroatoms. The van der Waals surface area contributed by atoms with Crippen molar-refractivity contribution in [3.8, 4) is 17.2 Å². The van der Waals surface area contributed by atoms with E-state index in [0.29, 0.717) is 26.4 Å². The van der Waals surface area contributed by atoms with E-state index in [1.54, 1.807) is 0 Å². The molecule has 136 valence electrons. The number of hydrogen-bond acceptors (Lipinski definition) is 4. The van der Waals surface area contributed by atoms with Crippen LogP contribution in [-0.2, 0) is 6.42 Å². The van der Waals surface area contributed by atoms with Crippen LogP contribution in [-0.4, -0.2) is 26.4 Å². The van der Waals surface area contributed by atoms with Crippen molar-refractivity contribution in [1.82, 2.24) is 0 Å². The van der Waals surface area contributed by atoms with E-state index in [1.165, 1.54) is 5.56 Å². The molecule has 2 rings (SSSR count). The van der Waals surface area contributed by atoms with Crippen LogP contribution in [0, 0.1) is 0 Å². The van der Waals surface area contributed by atoms with E-state index in [0.717, 1.165) is 29.2 Å². The lowest BCUT2D eigenvalue weighted by molar-refractivity contribution is 0.319. The van der Waals surface area contributed by atoms with Gasteiger partial charge in [0.25, 0.3) is 0 Å². The minimum absolute atomic E-state index is 0.190. The Balaban J connectivity index is 2.20. The van der Waals surface area contributed by atoms with Gasteiger partial charge in [-0.05, 0) is 63.1 Å². The van der Waals surface area contributed by atoms with Crippen molar-refractivity contribution in [3.05, 3.63) is 53.6 Å². The van der Waals surface area contributed by atoms with Crippen LogP contribution in [0.3, 0.4) is 0 Å². The van der Waals surface area contributed by atoms with Crippen LogP contribution in [0.5, 0.6) is 17.2 Å². The maximum atomic E-state index is 6.08. The van der Waals surface area contributed by atoms with Gasteiger partial charge in [0, 0.05) is 12.0 Å². The van der Waals surface area contributed by atoms with E-state index in [9.17, 15) is 0 Å². The SMILES string of the molecule is CCOc1ccc(CC(CN)c2ccc(OCC)cc2OCC)cc1. The van der Waals surface area contributed by atoms with Gasteiger partial charge in [-0.3, -0.25) is 0 Å². The Hall–Kier alpha value is -2.20. The highest BCUT2D eigenvalue weighted by Crippen LogP contribution is 2.32. The molecule has 0 saturated carbocycles. The smallest absolute Gasteiger partial charge is 0.126 e. The fourth-order valence-corrected chi connectivity index (χ4v) is 2.88. The van der Waals surface area contributed by atoms with E-state index in [-0.39, 0.29) is 5.92 Å². The highest BCUT2D eigenvalue weighted by molar-refractivity contribution is 5.44. The minimum atomic E-state index is 0.190. The summed E-state index contributed by atoms with van der Waals surface area (Å²) in [6, 6.07) is 14.2. The Morgan fingerprint density at radius 2 is 1.40 bits per heavy atom. The Morgan fingerprint density at radius 1 is 0.800 bits per heavy atom. The van der Waals surface area contributed by atoms with E-state index in [2.05, 4.69) is 18.2 Å². The summed E-state index contributed by atoms with van der Waals surface area (Å²) >= 11 is 0. The molecule has 2 N–H and O–H groups in total. The molecule has 1 unspecified atom stereocenters. The van der Waals surface area contributed by atoms with Crippen LogP contribution in [0.25, 0.3) is 0 Å². The maximum Gasteiger partial charge on any atom is 0.126 e. The number of ether oxygens (including phenoxy) is 3. The molecule has 0 radical (unpaired) electrons. The molecule has 0 aromatic heterocycles. The molecule has 0 fully saturated rings. The Labute approximate surface area is 150 Å².